The van der Waals surface area contributed by atoms with E-state index in [0.29, 0.717) is 27.6 Å². The van der Waals surface area contributed by atoms with Crippen LogP contribution in [0.25, 0.3) is 17.1 Å². The van der Waals surface area contributed by atoms with E-state index in [9.17, 15) is 4.79 Å². The zero-order valence-electron chi connectivity index (χ0n) is 21.1. The van der Waals surface area contributed by atoms with Gasteiger partial charge in [-0.2, -0.15) is 5.10 Å². The van der Waals surface area contributed by atoms with Gasteiger partial charge in [0, 0.05) is 21.3 Å². The van der Waals surface area contributed by atoms with Crippen molar-refractivity contribution in [3.63, 3.8) is 0 Å². The van der Waals surface area contributed by atoms with Crippen LogP contribution in [0.3, 0.4) is 0 Å². The molecule has 40 heavy (non-hydrogen) atoms. The van der Waals surface area contributed by atoms with Crippen molar-refractivity contribution in [1.82, 2.24) is 20.2 Å². The van der Waals surface area contributed by atoms with Gasteiger partial charge in [0.25, 0.3) is 5.91 Å². The largest absolute Gasteiger partial charge is 0.489 e. The van der Waals surface area contributed by atoms with Crippen molar-refractivity contribution in [3.8, 4) is 22.8 Å². The van der Waals surface area contributed by atoms with Gasteiger partial charge >= 0.3 is 0 Å². The van der Waals surface area contributed by atoms with Crippen LogP contribution in [0.2, 0.25) is 10.0 Å². The number of aromatic nitrogens is 3. The van der Waals surface area contributed by atoms with Gasteiger partial charge in [-0.15, -0.1) is 10.2 Å². The van der Waals surface area contributed by atoms with Gasteiger partial charge in [0.2, 0.25) is 0 Å². The Morgan fingerprint density at radius 3 is 2.25 bits per heavy atom. The lowest BCUT2D eigenvalue weighted by atomic mass is 10.2. The first-order valence-corrected chi connectivity index (χ1v) is 14.0. The minimum Gasteiger partial charge on any atom is -0.489 e. The number of nitrogens with one attached hydrogen (secondary N) is 1. The van der Waals surface area contributed by atoms with Gasteiger partial charge in [0.05, 0.1) is 12.0 Å². The Kier molecular flexibility index (Phi) is 9.13. The number of hydrogen-bond acceptors (Lipinski definition) is 6. The summed E-state index contributed by atoms with van der Waals surface area (Å²) in [5, 5.41) is 14.6. The fraction of sp³-hybridized carbons (Fsp3) is 0.0667. The Balaban J connectivity index is 1.19. The Morgan fingerprint density at radius 1 is 0.875 bits per heavy atom. The monoisotopic (exact) mass is 587 g/mol. The maximum Gasteiger partial charge on any atom is 0.250 e. The molecule has 5 aromatic rings. The van der Waals surface area contributed by atoms with Crippen LogP contribution < -0.4 is 10.2 Å². The third kappa shape index (κ3) is 7.30. The number of carbonyl (C=O) groups excluding carboxylic acids is 1. The summed E-state index contributed by atoms with van der Waals surface area (Å²) in [6, 6.07) is 32.1. The lowest BCUT2D eigenvalue weighted by Crippen LogP contribution is -2.20. The Hall–Kier alpha value is -4.11. The maximum absolute atomic E-state index is 12.5. The van der Waals surface area contributed by atoms with Gasteiger partial charge in [0.1, 0.15) is 12.4 Å². The quantitative estimate of drug-likeness (QED) is 0.107. The molecule has 4 aromatic carbocycles. The molecular weight excluding hydrogens is 565 g/mol. The maximum atomic E-state index is 12.5. The number of thioether (sulfide) groups is 1. The van der Waals surface area contributed by atoms with Gasteiger partial charge in [-0.3, -0.25) is 9.36 Å². The number of benzene rings is 4. The predicted octanol–water partition coefficient (Wildman–Crippen LogP) is 7.06. The van der Waals surface area contributed by atoms with Crippen LogP contribution in [0.5, 0.6) is 5.75 Å². The SMILES string of the molecule is O=C(CSc1nnc(-c2ccc(Cl)cc2)n1-c1ccc(Cl)cc1)N/N=C\c1ccc(OCc2ccccc2)cc1. The number of amides is 1. The first kappa shape index (κ1) is 27.5. The molecule has 1 N–H and O–H groups in total. The van der Waals surface area contributed by atoms with E-state index in [1.165, 1.54) is 11.8 Å². The number of ether oxygens (including phenoxy) is 1. The van der Waals surface area contributed by atoms with E-state index in [0.717, 1.165) is 28.1 Å². The van der Waals surface area contributed by atoms with Gasteiger partial charge < -0.3 is 4.74 Å². The van der Waals surface area contributed by atoms with E-state index in [1.54, 1.807) is 30.5 Å². The second-order valence-electron chi connectivity index (χ2n) is 8.55. The van der Waals surface area contributed by atoms with Crippen molar-refractivity contribution in [2.45, 2.75) is 11.8 Å². The molecule has 1 aromatic heterocycles. The summed E-state index contributed by atoms with van der Waals surface area (Å²) < 4.78 is 7.68. The van der Waals surface area contributed by atoms with Crippen LogP contribution in [0.1, 0.15) is 11.1 Å². The summed E-state index contributed by atoms with van der Waals surface area (Å²) in [4.78, 5) is 12.5. The third-order valence-electron chi connectivity index (χ3n) is 5.68. The van der Waals surface area contributed by atoms with Crippen LogP contribution in [0.15, 0.2) is 113 Å². The first-order chi connectivity index (χ1) is 19.5. The average Bonchev–Trinajstić information content (AvgIpc) is 3.41. The molecule has 1 amide bonds. The number of nitrogens with zero attached hydrogens (tertiary/aromatic N) is 4. The predicted molar refractivity (Wildman–Crippen MR) is 160 cm³/mol. The zero-order valence-corrected chi connectivity index (χ0v) is 23.4. The Labute approximate surface area is 245 Å². The highest BCUT2D eigenvalue weighted by Crippen LogP contribution is 2.29. The molecule has 0 aliphatic carbocycles. The van der Waals surface area contributed by atoms with Crippen molar-refractivity contribution < 1.29 is 9.53 Å². The van der Waals surface area contributed by atoms with Crippen molar-refractivity contribution in [1.29, 1.82) is 0 Å². The molecule has 7 nitrogen and oxygen atoms in total. The van der Waals surface area contributed by atoms with Gasteiger partial charge in [0.15, 0.2) is 11.0 Å². The van der Waals surface area contributed by atoms with Gasteiger partial charge in [-0.05, 0) is 83.9 Å². The summed E-state index contributed by atoms with van der Waals surface area (Å²) in [5.74, 6) is 1.19. The minimum absolute atomic E-state index is 0.0932. The molecule has 0 aliphatic heterocycles. The molecule has 0 saturated heterocycles. The van der Waals surface area contributed by atoms with E-state index >= 15 is 0 Å². The molecule has 0 aliphatic rings. The lowest BCUT2D eigenvalue weighted by molar-refractivity contribution is -0.118. The number of halogens is 2. The smallest absolute Gasteiger partial charge is 0.250 e. The summed E-state index contributed by atoms with van der Waals surface area (Å²) in [7, 11) is 0. The number of hydrazone groups is 1. The molecule has 200 valence electrons. The molecular formula is C30H23Cl2N5O2S. The van der Waals surface area contributed by atoms with Crippen molar-refractivity contribution in [2.24, 2.45) is 5.10 Å². The first-order valence-electron chi connectivity index (χ1n) is 12.2. The summed E-state index contributed by atoms with van der Waals surface area (Å²) in [6.07, 6.45) is 1.58. The fourth-order valence-electron chi connectivity index (χ4n) is 3.70. The van der Waals surface area contributed by atoms with E-state index in [1.807, 2.05) is 83.4 Å². The van der Waals surface area contributed by atoms with Crippen LogP contribution in [-0.4, -0.2) is 32.6 Å². The molecule has 0 radical (unpaired) electrons. The van der Waals surface area contributed by atoms with Gasteiger partial charge in [-0.1, -0.05) is 65.3 Å². The normalized spacial score (nSPS) is 11.1. The number of rotatable bonds is 10. The molecule has 0 saturated carbocycles. The second-order valence-corrected chi connectivity index (χ2v) is 10.4. The highest BCUT2D eigenvalue weighted by molar-refractivity contribution is 7.99. The van der Waals surface area contributed by atoms with Crippen LogP contribution in [-0.2, 0) is 11.4 Å². The number of hydrogen-bond donors (Lipinski definition) is 1. The molecule has 5 rings (SSSR count). The highest BCUT2D eigenvalue weighted by Gasteiger charge is 2.17. The second kappa shape index (κ2) is 13.3. The Morgan fingerprint density at radius 2 is 1.55 bits per heavy atom. The molecule has 0 atom stereocenters. The van der Waals surface area contributed by atoms with Crippen LogP contribution in [0.4, 0.5) is 0 Å². The topological polar surface area (TPSA) is 81.4 Å². The molecule has 1 heterocycles. The summed E-state index contributed by atoms with van der Waals surface area (Å²) in [5.41, 5.74) is 6.14. The van der Waals surface area contributed by atoms with E-state index in [-0.39, 0.29) is 11.7 Å². The lowest BCUT2D eigenvalue weighted by Gasteiger charge is -2.10. The van der Waals surface area contributed by atoms with Crippen molar-refractivity contribution in [3.05, 3.63) is 124 Å². The molecule has 0 spiro atoms. The highest BCUT2D eigenvalue weighted by atomic mass is 35.5. The van der Waals surface area contributed by atoms with E-state index in [4.69, 9.17) is 27.9 Å². The molecule has 0 bridgehead atoms. The zero-order chi connectivity index (χ0) is 27.7. The average molecular weight is 589 g/mol. The third-order valence-corrected chi connectivity index (χ3v) is 7.12. The van der Waals surface area contributed by atoms with E-state index in [2.05, 4.69) is 20.7 Å². The minimum atomic E-state index is -0.275. The van der Waals surface area contributed by atoms with E-state index < -0.39 is 0 Å². The van der Waals surface area contributed by atoms with Gasteiger partial charge in [-0.25, -0.2) is 5.43 Å². The fourth-order valence-corrected chi connectivity index (χ4v) is 4.70. The van der Waals surface area contributed by atoms with Crippen LogP contribution >= 0.6 is 35.0 Å². The number of carbonyl (C=O) groups is 1. The van der Waals surface area contributed by atoms with Crippen molar-refractivity contribution in [2.75, 3.05) is 5.75 Å². The summed E-state index contributed by atoms with van der Waals surface area (Å²) >= 11 is 13.4. The summed E-state index contributed by atoms with van der Waals surface area (Å²) in [6.45, 7) is 0.495. The van der Waals surface area contributed by atoms with Crippen molar-refractivity contribution >= 4 is 47.1 Å². The Bertz CT molecular complexity index is 1590. The molecule has 0 fully saturated rings. The molecule has 0 unspecified atom stereocenters. The standard InChI is InChI=1S/C30H23Cl2N5O2S/c31-24-10-8-23(9-11-24)29-35-36-30(37(29)26-14-12-25(32)13-15-26)40-20-28(38)34-33-18-21-6-16-27(17-7-21)39-19-22-4-2-1-3-5-22/h1-18H,19-20H2,(H,34,38)/b33-18-. The molecule has 10 heteroatoms. The van der Waals surface area contributed by atoms with Crippen LogP contribution in [0, 0.1) is 0 Å².